The van der Waals surface area contributed by atoms with E-state index in [0.717, 1.165) is 32.2 Å². The number of nitrogens with one attached hydrogen (secondary N) is 1. The van der Waals surface area contributed by atoms with Crippen molar-refractivity contribution >= 4 is 5.91 Å². The van der Waals surface area contributed by atoms with Crippen LogP contribution >= 0.6 is 0 Å². The molecular formula is C15H30N2O2. The van der Waals surface area contributed by atoms with Crippen molar-refractivity contribution in [1.82, 2.24) is 10.2 Å². The Kier molecular flexibility index (Phi) is 6.27. The lowest BCUT2D eigenvalue weighted by Gasteiger charge is -2.36. The first kappa shape index (κ1) is 16.4. The lowest BCUT2D eigenvalue weighted by atomic mass is 9.95. The highest BCUT2D eigenvalue weighted by Crippen LogP contribution is 2.19. The summed E-state index contributed by atoms with van der Waals surface area (Å²) in [7, 11) is 0. The van der Waals surface area contributed by atoms with Gasteiger partial charge in [-0.3, -0.25) is 9.69 Å². The van der Waals surface area contributed by atoms with Crippen molar-refractivity contribution in [2.24, 2.45) is 5.92 Å². The van der Waals surface area contributed by atoms with Crippen LogP contribution in [0.1, 0.15) is 53.4 Å². The van der Waals surface area contributed by atoms with Crippen molar-refractivity contribution in [3.8, 4) is 0 Å². The van der Waals surface area contributed by atoms with E-state index in [2.05, 4.69) is 26.1 Å². The molecule has 0 aliphatic carbocycles. The summed E-state index contributed by atoms with van der Waals surface area (Å²) in [6.07, 6.45) is 3.96. The molecule has 4 heteroatoms. The molecule has 0 aromatic carbocycles. The molecule has 0 spiro atoms. The first-order valence-electron chi connectivity index (χ1n) is 7.52. The van der Waals surface area contributed by atoms with E-state index >= 15 is 0 Å². The maximum absolute atomic E-state index is 11.9. The minimum atomic E-state index is -0.637. The number of piperidine rings is 1. The summed E-state index contributed by atoms with van der Waals surface area (Å²) in [6.45, 7) is 10.2. The Bertz CT molecular complexity index is 290. The second-order valence-corrected chi connectivity index (χ2v) is 6.75. The number of aliphatic hydroxyl groups is 1. The highest BCUT2D eigenvalue weighted by Gasteiger charge is 2.29. The van der Waals surface area contributed by atoms with Crippen molar-refractivity contribution in [2.75, 3.05) is 19.6 Å². The maximum Gasteiger partial charge on any atom is 0.234 e. The van der Waals surface area contributed by atoms with E-state index in [0.29, 0.717) is 19.0 Å². The molecule has 0 aromatic heterocycles. The fraction of sp³-hybridized carbons (Fsp3) is 0.933. The van der Waals surface area contributed by atoms with Crippen molar-refractivity contribution in [2.45, 2.75) is 65.0 Å². The molecule has 1 aliphatic rings. The third kappa shape index (κ3) is 6.92. The minimum absolute atomic E-state index is 0.0777. The summed E-state index contributed by atoms with van der Waals surface area (Å²) in [6, 6.07) is 0.236. The summed E-state index contributed by atoms with van der Waals surface area (Å²) in [5, 5.41) is 13.1. The number of carbonyl (C=O) groups excluding carboxylic acids is 1. The summed E-state index contributed by atoms with van der Waals surface area (Å²) in [4.78, 5) is 14.0. The van der Waals surface area contributed by atoms with Gasteiger partial charge in [-0.25, -0.2) is 0 Å². The Hall–Kier alpha value is -0.610. The summed E-state index contributed by atoms with van der Waals surface area (Å²) >= 11 is 0. The molecule has 2 N–H and O–H groups in total. The van der Waals surface area contributed by atoms with Crippen LogP contribution in [0.25, 0.3) is 0 Å². The van der Waals surface area contributed by atoms with Gasteiger partial charge >= 0.3 is 0 Å². The first-order valence-corrected chi connectivity index (χ1v) is 7.52. The highest BCUT2D eigenvalue weighted by molar-refractivity contribution is 5.78. The smallest absolute Gasteiger partial charge is 0.234 e. The fourth-order valence-electron chi connectivity index (χ4n) is 2.64. The molecule has 1 amide bonds. The average molecular weight is 270 g/mol. The molecule has 0 aromatic rings. The molecule has 0 radical (unpaired) electrons. The molecule has 0 saturated carbocycles. The Balaban J connectivity index is 2.27. The van der Waals surface area contributed by atoms with Gasteiger partial charge in [-0.05, 0) is 52.0 Å². The van der Waals surface area contributed by atoms with Crippen LogP contribution in [0.4, 0.5) is 0 Å². The summed E-state index contributed by atoms with van der Waals surface area (Å²) in [5.74, 6) is 0.755. The predicted molar refractivity (Wildman–Crippen MR) is 78.0 cm³/mol. The second-order valence-electron chi connectivity index (χ2n) is 6.75. The summed E-state index contributed by atoms with van der Waals surface area (Å²) in [5.41, 5.74) is -0.637. The van der Waals surface area contributed by atoms with Gasteiger partial charge in [0.2, 0.25) is 5.91 Å². The molecule has 112 valence electrons. The molecule has 19 heavy (non-hydrogen) atoms. The SMILES string of the molecule is CC(C)CCC(C)NC(=O)CN1CCCC(C)(O)C1. The number of hydrogen-bond donors (Lipinski definition) is 2. The maximum atomic E-state index is 11.9. The quantitative estimate of drug-likeness (QED) is 0.773. The number of likely N-dealkylation sites (tertiary alicyclic amines) is 1. The van der Waals surface area contributed by atoms with Gasteiger partial charge < -0.3 is 10.4 Å². The van der Waals surface area contributed by atoms with Gasteiger partial charge in [0, 0.05) is 12.6 Å². The molecule has 1 saturated heterocycles. The van der Waals surface area contributed by atoms with Crippen LogP contribution in [0.2, 0.25) is 0 Å². The zero-order valence-corrected chi connectivity index (χ0v) is 12.9. The van der Waals surface area contributed by atoms with E-state index < -0.39 is 5.60 Å². The van der Waals surface area contributed by atoms with Gasteiger partial charge in [-0.2, -0.15) is 0 Å². The highest BCUT2D eigenvalue weighted by atomic mass is 16.3. The third-order valence-electron chi connectivity index (χ3n) is 3.71. The van der Waals surface area contributed by atoms with E-state index in [9.17, 15) is 9.90 Å². The van der Waals surface area contributed by atoms with Gasteiger partial charge in [-0.1, -0.05) is 13.8 Å². The standard InChI is InChI=1S/C15H30N2O2/c1-12(2)6-7-13(3)16-14(18)10-17-9-5-8-15(4,19)11-17/h12-13,19H,5-11H2,1-4H3,(H,16,18). The average Bonchev–Trinajstić information content (AvgIpc) is 2.24. The molecule has 1 aliphatic heterocycles. The Morgan fingerprint density at radius 3 is 2.63 bits per heavy atom. The molecule has 4 nitrogen and oxygen atoms in total. The predicted octanol–water partition coefficient (Wildman–Crippen LogP) is 1.77. The largest absolute Gasteiger partial charge is 0.389 e. The van der Waals surface area contributed by atoms with Gasteiger partial charge in [0.25, 0.3) is 0 Å². The molecule has 1 heterocycles. The number of rotatable bonds is 6. The molecule has 0 bridgehead atoms. The minimum Gasteiger partial charge on any atom is -0.389 e. The molecule has 1 fully saturated rings. The van der Waals surface area contributed by atoms with Crippen LogP contribution in [0.3, 0.4) is 0 Å². The van der Waals surface area contributed by atoms with Gasteiger partial charge in [0.1, 0.15) is 0 Å². The van der Waals surface area contributed by atoms with Gasteiger partial charge in [0.05, 0.1) is 12.1 Å². The van der Waals surface area contributed by atoms with Crippen LogP contribution in [0.5, 0.6) is 0 Å². The molecule has 2 unspecified atom stereocenters. The van der Waals surface area contributed by atoms with Crippen molar-refractivity contribution in [3.05, 3.63) is 0 Å². The van der Waals surface area contributed by atoms with Gasteiger partial charge in [-0.15, -0.1) is 0 Å². The zero-order chi connectivity index (χ0) is 14.5. The lowest BCUT2D eigenvalue weighted by Crippen LogP contribution is -2.50. The van der Waals surface area contributed by atoms with Crippen LogP contribution in [0.15, 0.2) is 0 Å². The van der Waals surface area contributed by atoms with Crippen LogP contribution in [0, 0.1) is 5.92 Å². The van der Waals surface area contributed by atoms with E-state index in [1.54, 1.807) is 0 Å². The molecule has 2 atom stereocenters. The van der Waals surface area contributed by atoms with Crippen LogP contribution in [-0.4, -0.2) is 47.2 Å². The fourth-order valence-corrected chi connectivity index (χ4v) is 2.64. The third-order valence-corrected chi connectivity index (χ3v) is 3.71. The van der Waals surface area contributed by atoms with Crippen molar-refractivity contribution in [3.63, 3.8) is 0 Å². The Morgan fingerprint density at radius 2 is 2.05 bits per heavy atom. The second kappa shape index (κ2) is 7.25. The summed E-state index contributed by atoms with van der Waals surface area (Å²) < 4.78 is 0. The van der Waals surface area contributed by atoms with Crippen LogP contribution in [-0.2, 0) is 4.79 Å². The lowest BCUT2D eigenvalue weighted by molar-refractivity contribution is -0.124. The van der Waals surface area contributed by atoms with Crippen LogP contribution < -0.4 is 5.32 Å². The monoisotopic (exact) mass is 270 g/mol. The van der Waals surface area contributed by atoms with E-state index in [1.165, 1.54) is 0 Å². The number of carbonyl (C=O) groups is 1. The number of nitrogens with zero attached hydrogens (tertiary/aromatic N) is 1. The topological polar surface area (TPSA) is 52.6 Å². The Morgan fingerprint density at radius 1 is 1.37 bits per heavy atom. The zero-order valence-electron chi connectivity index (χ0n) is 12.9. The van der Waals surface area contributed by atoms with Crippen molar-refractivity contribution < 1.29 is 9.90 Å². The number of hydrogen-bond acceptors (Lipinski definition) is 3. The Labute approximate surface area is 117 Å². The normalized spacial score (nSPS) is 26.4. The van der Waals surface area contributed by atoms with E-state index in [-0.39, 0.29) is 11.9 Å². The van der Waals surface area contributed by atoms with E-state index in [1.807, 2.05) is 11.8 Å². The van der Waals surface area contributed by atoms with E-state index in [4.69, 9.17) is 0 Å². The van der Waals surface area contributed by atoms with Crippen molar-refractivity contribution in [1.29, 1.82) is 0 Å². The number of β-amino-alcohol motifs (C(OH)–C–C–N with tert-alkyl or cyclic N) is 1. The van der Waals surface area contributed by atoms with Gasteiger partial charge in [0.15, 0.2) is 0 Å². The number of amides is 1. The molecular weight excluding hydrogens is 240 g/mol. The molecule has 1 rings (SSSR count). The first-order chi connectivity index (χ1) is 8.78.